The van der Waals surface area contributed by atoms with Crippen molar-refractivity contribution in [2.24, 2.45) is 4.40 Å². The predicted octanol–water partition coefficient (Wildman–Crippen LogP) is 4.89. The van der Waals surface area contributed by atoms with Gasteiger partial charge >= 0.3 is 0 Å². The molecule has 0 aliphatic heterocycles. The highest BCUT2D eigenvalue weighted by molar-refractivity contribution is 7.91. The molecule has 0 N–H and O–H groups in total. The summed E-state index contributed by atoms with van der Waals surface area (Å²) in [6.45, 7) is 5.86. The summed E-state index contributed by atoms with van der Waals surface area (Å²) in [6.07, 6.45) is 2.40. The smallest absolute Gasteiger partial charge is 0.147 e. The molecule has 0 saturated carbocycles. The van der Waals surface area contributed by atoms with Crippen molar-refractivity contribution in [1.82, 2.24) is 0 Å². The van der Waals surface area contributed by atoms with Crippen LogP contribution in [0.25, 0.3) is 0 Å². The molecular weight excluding hydrogens is 313 g/mol. The van der Waals surface area contributed by atoms with Crippen LogP contribution in [0.15, 0.2) is 52.9 Å². The van der Waals surface area contributed by atoms with Crippen molar-refractivity contribution in [3.8, 4) is 11.5 Å². The van der Waals surface area contributed by atoms with Crippen molar-refractivity contribution in [2.75, 3.05) is 0 Å². The van der Waals surface area contributed by atoms with Crippen LogP contribution in [0.4, 0.5) is 4.39 Å². The summed E-state index contributed by atoms with van der Waals surface area (Å²) < 4.78 is 34.3. The molecule has 3 nitrogen and oxygen atoms in total. The minimum absolute atomic E-state index is 0.299. The highest BCUT2D eigenvalue weighted by Crippen LogP contribution is 2.23. The molecule has 0 radical (unpaired) electrons. The van der Waals surface area contributed by atoms with Crippen LogP contribution in [-0.4, -0.2) is 15.5 Å². The lowest BCUT2D eigenvalue weighted by Crippen LogP contribution is -2.29. The Kier molecular flexibility index (Phi) is 5.80. The van der Waals surface area contributed by atoms with E-state index in [1.807, 2.05) is 32.9 Å². The van der Waals surface area contributed by atoms with Crippen LogP contribution in [-0.2, 0) is 11.4 Å². The van der Waals surface area contributed by atoms with E-state index in [1.165, 1.54) is 12.1 Å². The third-order valence-corrected chi connectivity index (χ3v) is 5.08. The van der Waals surface area contributed by atoms with Gasteiger partial charge in [-0.05, 0) is 74.4 Å². The average Bonchev–Trinajstić information content (AvgIpc) is 2.56. The molecule has 0 aromatic heterocycles. The van der Waals surface area contributed by atoms with Crippen LogP contribution < -0.4 is 4.74 Å². The van der Waals surface area contributed by atoms with Crippen molar-refractivity contribution >= 4 is 17.6 Å². The topological polar surface area (TPSA) is 44.7 Å². The van der Waals surface area contributed by atoms with E-state index in [1.54, 1.807) is 30.5 Å². The second-order valence-corrected chi connectivity index (χ2v) is 7.54. The van der Waals surface area contributed by atoms with Gasteiger partial charge in [-0.3, -0.25) is 0 Å². The molecular formula is C18H20FNO2S. The zero-order chi connectivity index (χ0) is 16.9. The van der Waals surface area contributed by atoms with Gasteiger partial charge in [0.1, 0.15) is 33.4 Å². The molecule has 0 fully saturated rings. The fourth-order valence-electron chi connectivity index (χ4n) is 1.64. The Morgan fingerprint density at radius 2 is 1.61 bits per heavy atom. The Balaban J connectivity index is 2.00. The molecule has 0 heterocycles. The largest absolute Gasteiger partial charge is 0.591 e. The molecule has 122 valence electrons. The van der Waals surface area contributed by atoms with Crippen LogP contribution in [0.3, 0.4) is 0 Å². The zero-order valence-corrected chi connectivity index (χ0v) is 14.3. The van der Waals surface area contributed by atoms with Crippen LogP contribution in [0.1, 0.15) is 32.8 Å². The summed E-state index contributed by atoms with van der Waals surface area (Å²) in [6, 6.07) is 13.1. The maximum atomic E-state index is 12.8. The first-order valence-electron chi connectivity index (χ1n) is 7.40. The maximum absolute atomic E-state index is 12.8. The van der Waals surface area contributed by atoms with Gasteiger partial charge in [-0.2, -0.15) is 0 Å². The predicted molar refractivity (Wildman–Crippen MR) is 93.0 cm³/mol. The van der Waals surface area contributed by atoms with Crippen LogP contribution in [0.5, 0.6) is 11.5 Å². The van der Waals surface area contributed by atoms with E-state index in [-0.39, 0.29) is 10.6 Å². The van der Waals surface area contributed by atoms with Crippen LogP contribution >= 0.6 is 0 Å². The highest BCUT2D eigenvalue weighted by atomic mass is 32.2. The summed E-state index contributed by atoms with van der Waals surface area (Å²) in [5.74, 6) is 0.911. The monoisotopic (exact) mass is 333 g/mol. The molecule has 1 unspecified atom stereocenters. The molecule has 0 aliphatic carbocycles. The van der Waals surface area contributed by atoms with Crippen molar-refractivity contribution < 1.29 is 13.7 Å². The highest BCUT2D eigenvalue weighted by Gasteiger charge is 2.30. The molecule has 0 aliphatic rings. The Hall–Kier alpha value is -1.85. The van der Waals surface area contributed by atoms with Gasteiger partial charge in [0.25, 0.3) is 0 Å². The zero-order valence-electron chi connectivity index (χ0n) is 13.5. The Labute approximate surface area is 139 Å². The lowest BCUT2D eigenvalue weighted by Gasteiger charge is -2.21. The molecule has 5 heteroatoms. The van der Waals surface area contributed by atoms with Crippen molar-refractivity contribution in [1.29, 1.82) is 0 Å². The van der Waals surface area contributed by atoms with E-state index < -0.39 is 11.4 Å². The number of benzene rings is 2. The summed E-state index contributed by atoms with van der Waals surface area (Å²) >= 11 is -1.27. The van der Waals surface area contributed by atoms with E-state index >= 15 is 0 Å². The van der Waals surface area contributed by atoms with Crippen LogP contribution in [0.2, 0.25) is 0 Å². The van der Waals surface area contributed by atoms with Gasteiger partial charge in [0.2, 0.25) is 0 Å². The van der Waals surface area contributed by atoms with Crippen molar-refractivity contribution in [3.63, 3.8) is 0 Å². The molecule has 0 saturated heterocycles. The summed E-state index contributed by atoms with van der Waals surface area (Å²) in [5.41, 5.74) is 0.844. The quantitative estimate of drug-likeness (QED) is 0.558. The first kappa shape index (κ1) is 17.5. The lowest BCUT2D eigenvalue weighted by atomic mass is 10.1. The van der Waals surface area contributed by atoms with Crippen molar-refractivity contribution in [2.45, 2.75) is 31.9 Å². The van der Waals surface area contributed by atoms with Gasteiger partial charge in [0, 0.05) is 0 Å². The Bertz CT molecular complexity index is 654. The van der Waals surface area contributed by atoms with Gasteiger partial charge in [-0.1, -0.05) is 11.3 Å². The van der Waals surface area contributed by atoms with E-state index in [9.17, 15) is 8.94 Å². The first-order valence-corrected chi connectivity index (χ1v) is 8.51. The summed E-state index contributed by atoms with van der Waals surface area (Å²) in [5, 5.41) is 0. The second kappa shape index (κ2) is 7.62. The van der Waals surface area contributed by atoms with Gasteiger partial charge in [-0.25, -0.2) is 4.39 Å². The minimum Gasteiger partial charge on any atom is -0.591 e. The first-order chi connectivity index (χ1) is 10.9. The Morgan fingerprint density at radius 3 is 2.13 bits per heavy atom. The average molecular weight is 333 g/mol. The van der Waals surface area contributed by atoms with Crippen LogP contribution in [0, 0.1) is 5.82 Å². The molecule has 0 spiro atoms. The second-order valence-electron chi connectivity index (χ2n) is 5.72. The third kappa shape index (κ3) is 5.08. The molecule has 2 aromatic rings. The Morgan fingerprint density at radius 1 is 1.09 bits per heavy atom. The van der Waals surface area contributed by atoms with Gasteiger partial charge in [0.15, 0.2) is 0 Å². The fourth-order valence-corrected chi connectivity index (χ4v) is 2.39. The number of halogens is 1. The van der Waals surface area contributed by atoms with E-state index in [4.69, 9.17) is 4.74 Å². The summed E-state index contributed by atoms with van der Waals surface area (Å²) in [7, 11) is 0. The molecule has 0 bridgehead atoms. The van der Waals surface area contributed by atoms with Crippen molar-refractivity contribution in [3.05, 3.63) is 59.9 Å². The van der Waals surface area contributed by atoms with E-state index in [2.05, 4.69) is 4.40 Å². The third-order valence-electron chi connectivity index (χ3n) is 3.55. The minimum atomic E-state index is -1.27. The van der Waals surface area contributed by atoms with E-state index in [0.29, 0.717) is 11.5 Å². The normalized spacial score (nSPS) is 13.3. The number of rotatable bonds is 6. The van der Waals surface area contributed by atoms with E-state index in [0.717, 1.165) is 12.0 Å². The molecule has 2 rings (SSSR count). The summed E-state index contributed by atoms with van der Waals surface area (Å²) in [4.78, 5) is 0. The van der Waals surface area contributed by atoms with Gasteiger partial charge < -0.3 is 9.29 Å². The molecule has 1 atom stereocenters. The molecule has 23 heavy (non-hydrogen) atoms. The number of hydrogen-bond donors (Lipinski definition) is 0. The van der Waals surface area contributed by atoms with Gasteiger partial charge in [-0.15, -0.1) is 0 Å². The maximum Gasteiger partial charge on any atom is 0.147 e. The molecule has 0 amide bonds. The number of nitrogens with zero attached hydrogens (tertiary/aromatic N) is 1. The fraction of sp³-hybridized carbons (Fsp3) is 0.278. The standard InChI is InChI=1S/C18H20FNO2S/c1-4-18(2,3)23(21)20-13-14-5-9-16(10-6-14)22-17-11-7-15(19)8-12-17/h5-13H,4H2,1-3H3/b20-13+. The molecule has 2 aromatic carbocycles. The van der Waals surface area contributed by atoms with Gasteiger partial charge in [0.05, 0.1) is 6.21 Å². The lowest BCUT2D eigenvalue weighted by molar-refractivity contribution is 0.480. The SMILES string of the molecule is CCC(C)(C)[S+]([O-])/N=C/c1ccc(Oc2ccc(F)cc2)cc1. The number of ether oxygens (including phenoxy) is 1. The number of hydrogen-bond acceptors (Lipinski definition) is 3.